The third-order valence-corrected chi connectivity index (χ3v) is 2.55. The van der Waals surface area contributed by atoms with Crippen molar-refractivity contribution in [2.45, 2.75) is 0 Å². The van der Waals surface area contributed by atoms with E-state index in [1.807, 2.05) is 49.3 Å². The third-order valence-electron chi connectivity index (χ3n) is 2.09. The van der Waals surface area contributed by atoms with E-state index in [2.05, 4.69) is 16.0 Å². The van der Waals surface area contributed by atoms with Crippen LogP contribution in [0.5, 0.6) is 0 Å². The van der Waals surface area contributed by atoms with Crippen LogP contribution in [0, 0.1) is 16.7 Å². The Morgan fingerprint density at radius 1 is 1.38 bits per heavy atom. The van der Waals surface area contributed by atoms with E-state index in [0.29, 0.717) is 5.57 Å². The molecule has 1 aromatic carbocycles. The van der Waals surface area contributed by atoms with E-state index in [1.165, 1.54) is 0 Å². The van der Waals surface area contributed by atoms with Crippen molar-refractivity contribution in [2.75, 3.05) is 19.0 Å². The molecule has 1 rings (SSSR count). The molecule has 0 fully saturated rings. The second kappa shape index (κ2) is 5.50. The summed E-state index contributed by atoms with van der Waals surface area (Å²) >= 11 is 2.53. The van der Waals surface area contributed by atoms with Crippen LogP contribution in [0.1, 0.15) is 5.56 Å². The van der Waals surface area contributed by atoms with Crippen LogP contribution in [-0.4, -0.2) is 34.7 Å². The molecule has 0 aliphatic heterocycles. The second-order valence-electron chi connectivity index (χ2n) is 3.48. The number of rotatable bonds is 3. The molecule has 0 aliphatic carbocycles. The quantitative estimate of drug-likeness (QED) is 0.520. The number of nitriles is 1. The van der Waals surface area contributed by atoms with Crippen LogP contribution in [-0.2, 0) is 0 Å². The molecule has 0 amide bonds. The summed E-state index contributed by atoms with van der Waals surface area (Å²) in [6.07, 6.45) is 1.69. The van der Waals surface area contributed by atoms with Crippen LogP contribution in [0.3, 0.4) is 0 Å². The van der Waals surface area contributed by atoms with E-state index in [0.717, 1.165) is 11.3 Å². The first-order valence-corrected chi connectivity index (χ1v) is 5.55. The number of anilines is 1. The van der Waals surface area contributed by atoms with Crippen molar-refractivity contribution in [1.29, 1.82) is 10.7 Å². The molecule has 0 unspecified atom stereocenters. The summed E-state index contributed by atoms with van der Waals surface area (Å²) in [6.45, 7) is 0. The Morgan fingerprint density at radius 3 is 2.31 bits per heavy atom. The fraction of sp³-hybridized carbons (Fsp3) is 0.167. The Balaban J connectivity index is 3.00. The van der Waals surface area contributed by atoms with Gasteiger partial charge in [-0.2, -0.15) is 0 Å². The van der Waals surface area contributed by atoms with Gasteiger partial charge in [-0.25, -0.2) is 0 Å². The number of hydrogen-bond acceptors (Lipinski definition) is 3. The van der Waals surface area contributed by atoms with Crippen molar-refractivity contribution in [3.05, 3.63) is 35.4 Å². The van der Waals surface area contributed by atoms with Gasteiger partial charge in [0.05, 0.1) is 0 Å². The van der Waals surface area contributed by atoms with Crippen molar-refractivity contribution in [3.63, 3.8) is 0 Å². The number of nitrogens with zero attached hydrogens (tertiary/aromatic N) is 2. The van der Waals surface area contributed by atoms with Gasteiger partial charge in [0, 0.05) is 0 Å². The monoisotopic (exact) mass is 278 g/mol. The van der Waals surface area contributed by atoms with Crippen molar-refractivity contribution in [1.82, 2.24) is 0 Å². The minimum atomic E-state index is 0.166. The predicted octanol–water partition coefficient (Wildman–Crippen LogP) is 1.81. The summed E-state index contributed by atoms with van der Waals surface area (Å²) in [5.74, 6) is 0. The summed E-state index contributed by atoms with van der Waals surface area (Å²) in [5.41, 5.74) is 2.37. The Morgan fingerprint density at radius 2 is 1.94 bits per heavy atom. The first kappa shape index (κ1) is 12.5. The molecule has 81 valence electrons. The van der Waals surface area contributed by atoms with Crippen LogP contribution in [0.15, 0.2) is 29.8 Å². The zero-order valence-corrected chi connectivity index (χ0v) is 10.9. The summed E-state index contributed by atoms with van der Waals surface area (Å²) in [6, 6.07) is 9.79. The standard InChI is InChI=1S/C12H12N3Se/c1-15(2)11-5-3-9(4-6-11)7-10(8-13)12(14)16/h3-7,14H,1-2H3. The molecule has 0 saturated carbocycles. The molecule has 1 N–H and O–H groups in total. The van der Waals surface area contributed by atoms with E-state index in [9.17, 15) is 0 Å². The molecule has 4 heteroatoms. The molecule has 0 aromatic heterocycles. The molecule has 0 heterocycles. The van der Waals surface area contributed by atoms with Gasteiger partial charge in [-0.1, -0.05) is 0 Å². The molecule has 0 aliphatic rings. The predicted molar refractivity (Wildman–Crippen MR) is 67.8 cm³/mol. The number of benzene rings is 1. The zero-order valence-electron chi connectivity index (χ0n) is 9.19. The normalized spacial score (nSPS) is 10.7. The van der Waals surface area contributed by atoms with Crippen molar-refractivity contribution < 1.29 is 0 Å². The van der Waals surface area contributed by atoms with Crippen LogP contribution in [0.2, 0.25) is 0 Å². The van der Waals surface area contributed by atoms with Gasteiger partial charge in [0.2, 0.25) is 0 Å². The second-order valence-corrected chi connectivity index (χ2v) is 4.34. The van der Waals surface area contributed by atoms with Crippen molar-refractivity contribution >= 4 is 32.4 Å². The average Bonchev–Trinajstić information content (AvgIpc) is 2.26. The van der Waals surface area contributed by atoms with Gasteiger partial charge in [-0.05, 0) is 0 Å². The Hall–Kier alpha value is -1.56. The molecule has 0 saturated heterocycles. The van der Waals surface area contributed by atoms with Gasteiger partial charge >= 0.3 is 104 Å². The van der Waals surface area contributed by atoms with Crippen LogP contribution in [0.25, 0.3) is 6.08 Å². The first-order valence-electron chi connectivity index (χ1n) is 4.69. The molecule has 0 spiro atoms. The molecular weight excluding hydrogens is 265 g/mol. The fourth-order valence-corrected chi connectivity index (χ4v) is 1.40. The van der Waals surface area contributed by atoms with E-state index in [-0.39, 0.29) is 4.61 Å². The molecule has 16 heavy (non-hydrogen) atoms. The molecule has 0 atom stereocenters. The van der Waals surface area contributed by atoms with Crippen LogP contribution >= 0.6 is 0 Å². The number of nitrogens with one attached hydrogen (secondary N) is 1. The number of hydrogen-bond donors (Lipinski definition) is 1. The zero-order chi connectivity index (χ0) is 12.1. The SMILES string of the molecule is CN(C)c1ccc(C=C(C#N)C(=N)[Se])cc1. The fourth-order valence-electron chi connectivity index (χ4n) is 1.18. The molecule has 3 nitrogen and oxygen atoms in total. The van der Waals surface area contributed by atoms with Gasteiger partial charge in [0.15, 0.2) is 0 Å². The van der Waals surface area contributed by atoms with Crippen LogP contribution in [0.4, 0.5) is 5.69 Å². The topological polar surface area (TPSA) is 50.9 Å². The molecule has 1 aromatic rings. The van der Waals surface area contributed by atoms with Gasteiger partial charge in [0.25, 0.3) is 0 Å². The van der Waals surface area contributed by atoms with E-state index in [1.54, 1.807) is 6.08 Å². The van der Waals surface area contributed by atoms with Gasteiger partial charge in [-0.3, -0.25) is 0 Å². The van der Waals surface area contributed by atoms with Gasteiger partial charge in [-0.15, -0.1) is 0 Å². The van der Waals surface area contributed by atoms with E-state index in [4.69, 9.17) is 10.7 Å². The molecule has 1 radical (unpaired) electrons. The summed E-state index contributed by atoms with van der Waals surface area (Å²) in [7, 11) is 3.95. The Bertz CT molecular complexity index is 452. The third kappa shape index (κ3) is 3.23. The summed E-state index contributed by atoms with van der Waals surface area (Å²) < 4.78 is 0.166. The average molecular weight is 277 g/mol. The van der Waals surface area contributed by atoms with E-state index >= 15 is 0 Å². The van der Waals surface area contributed by atoms with Crippen molar-refractivity contribution in [2.24, 2.45) is 0 Å². The van der Waals surface area contributed by atoms with E-state index < -0.39 is 0 Å². The summed E-state index contributed by atoms with van der Waals surface area (Å²) in [5, 5.41) is 16.2. The van der Waals surface area contributed by atoms with Crippen molar-refractivity contribution in [3.8, 4) is 6.07 Å². The maximum atomic E-state index is 8.81. The summed E-state index contributed by atoms with van der Waals surface area (Å²) in [4.78, 5) is 2.01. The van der Waals surface area contributed by atoms with Crippen LogP contribution < -0.4 is 4.90 Å². The Labute approximate surface area is 104 Å². The number of allylic oxidation sites excluding steroid dienone is 1. The minimum absolute atomic E-state index is 0.166. The first-order chi connectivity index (χ1) is 7.54. The van der Waals surface area contributed by atoms with Gasteiger partial charge < -0.3 is 0 Å². The molecular formula is C12H12N3Se. The van der Waals surface area contributed by atoms with Gasteiger partial charge in [0.1, 0.15) is 0 Å². The maximum absolute atomic E-state index is 8.81. The Kier molecular flexibility index (Phi) is 4.30. The molecule has 0 bridgehead atoms.